The first kappa shape index (κ1) is 11.9. The van der Waals surface area contributed by atoms with E-state index in [2.05, 4.69) is 10.2 Å². The predicted molar refractivity (Wildman–Crippen MR) is 60.2 cm³/mol. The minimum atomic E-state index is -0.704. The van der Waals surface area contributed by atoms with E-state index in [-0.39, 0.29) is 6.54 Å². The molecule has 1 unspecified atom stereocenters. The average molecular weight is 239 g/mol. The molecule has 0 saturated carbocycles. The Hall–Kier alpha value is -1.56. The number of fused-ring (bicyclic) bond motifs is 1. The molecule has 1 aliphatic heterocycles. The van der Waals surface area contributed by atoms with E-state index >= 15 is 0 Å². The van der Waals surface area contributed by atoms with Crippen molar-refractivity contribution in [3.63, 3.8) is 0 Å². The number of nitrogens with zero attached hydrogens (tertiary/aromatic N) is 2. The summed E-state index contributed by atoms with van der Waals surface area (Å²) in [6.07, 6.45) is 0.466. The Morgan fingerprint density at radius 1 is 1.65 bits per heavy atom. The summed E-state index contributed by atoms with van der Waals surface area (Å²) in [5.74, 6) is 0. The minimum absolute atomic E-state index is 0.238. The third-order valence-electron chi connectivity index (χ3n) is 2.50. The Bertz CT molecular complexity index is 422. The number of aliphatic hydroxyl groups is 1. The van der Waals surface area contributed by atoms with Crippen LogP contribution in [-0.4, -0.2) is 38.4 Å². The Balaban J connectivity index is 2.09. The quantitative estimate of drug-likeness (QED) is 0.713. The summed E-state index contributed by atoms with van der Waals surface area (Å²) < 4.78 is 5.26. The molecule has 6 heteroatoms. The standard InChI is InChI=1S/C11H17N3O3/c1-11(2,3)17-10(16)14-5-8-7(4-12-13-8)9(15)6-14/h4,9,15H,5-6H2,1-3H3,(H,12,13). The van der Waals surface area contributed by atoms with Crippen molar-refractivity contribution in [3.05, 3.63) is 17.5 Å². The van der Waals surface area contributed by atoms with E-state index in [0.29, 0.717) is 6.54 Å². The number of amides is 1. The lowest BCUT2D eigenvalue weighted by Gasteiger charge is -2.31. The van der Waals surface area contributed by atoms with Gasteiger partial charge in [0.2, 0.25) is 0 Å². The summed E-state index contributed by atoms with van der Waals surface area (Å²) in [7, 11) is 0. The van der Waals surface area contributed by atoms with Gasteiger partial charge in [0.05, 0.1) is 25.0 Å². The van der Waals surface area contributed by atoms with Crippen LogP contribution in [0, 0.1) is 0 Å². The van der Waals surface area contributed by atoms with E-state index in [4.69, 9.17) is 4.74 Å². The monoisotopic (exact) mass is 239 g/mol. The second kappa shape index (κ2) is 4.03. The van der Waals surface area contributed by atoms with Crippen LogP contribution in [0.1, 0.15) is 38.1 Å². The maximum absolute atomic E-state index is 11.8. The van der Waals surface area contributed by atoms with Crippen LogP contribution in [0.3, 0.4) is 0 Å². The number of rotatable bonds is 0. The average Bonchev–Trinajstić information content (AvgIpc) is 2.63. The van der Waals surface area contributed by atoms with E-state index in [1.165, 1.54) is 4.90 Å². The molecule has 0 aromatic carbocycles. The fourth-order valence-corrected chi connectivity index (χ4v) is 1.76. The number of carbonyl (C=O) groups excluding carboxylic acids is 1. The molecule has 2 N–H and O–H groups in total. The van der Waals surface area contributed by atoms with E-state index in [1.54, 1.807) is 6.20 Å². The lowest BCUT2D eigenvalue weighted by molar-refractivity contribution is 0.00798. The number of hydrogen-bond donors (Lipinski definition) is 2. The molecule has 17 heavy (non-hydrogen) atoms. The van der Waals surface area contributed by atoms with E-state index in [9.17, 15) is 9.90 Å². The molecule has 2 heterocycles. The normalized spacial score (nSPS) is 20.0. The van der Waals surface area contributed by atoms with Crippen LogP contribution in [-0.2, 0) is 11.3 Å². The highest BCUT2D eigenvalue weighted by atomic mass is 16.6. The zero-order chi connectivity index (χ0) is 12.6. The molecule has 6 nitrogen and oxygen atoms in total. The van der Waals surface area contributed by atoms with Crippen molar-refractivity contribution in [1.82, 2.24) is 15.1 Å². The molecule has 1 aliphatic rings. The van der Waals surface area contributed by atoms with Gasteiger partial charge in [-0.1, -0.05) is 0 Å². The zero-order valence-corrected chi connectivity index (χ0v) is 10.2. The topological polar surface area (TPSA) is 78.5 Å². The Labute approximate surface area is 99.6 Å². The van der Waals surface area contributed by atoms with Gasteiger partial charge in [0, 0.05) is 5.56 Å². The zero-order valence-electron chi connectivity index (χ0n) is 10.2. The molecule has 1 atom stereocenters. The van der Waals surface area contributed by atoms with Crippen molar-refractivity contribution in [2.75, 3.05) is 6.54 Å². The van der Waals surface area contributed by atoms with Crippen LogP contribution < -0.4 is 0 Å². The van der Waals surface area contributed by atoms with Crippen molar-refractivity contribution in [2.45, 2.75) is 39.0 Å². The lowest BCUT2D eigenvalue weighted by Crippen LogP contribution is -2.41. The smallest absolute Gasteiger partial charge is 0.410 e. The summed E-state index contributed by atoms with van der Waals surface area (Å²) in [5.41, 5.74) is 0.982. The number of aliphatic hydroxyl groups excluding tert-OH is 1. The van der Waals surface area contributed by atoms with Gasteiger partial charge in [-0.3, -0.25) is 10.00 Å². The molecule has 1 aromatic heterocycles. The number of aromatic amines is 1. The van der Waals surface area contributed by atoms with Gasteiger partial charge < -0.3 is 9.84 Å². The molecule has 1 amide bonds. The summed E-state index contributed by atoms with van der Waals surface area (Å²) in [4.78, 5) is 13.3. The molecule has 0 spiro atoms. The van der Waals surface area contributed by atoms with Crippen LogP contribution in [0.2, 0.25) is 0 Å². The van der Waals surface area contributed by atoms with Crippen LogP contribution in [0.15, 0.2) is 6.20 Å². The van der Waals surface area contributed by atoms with Gasteiger partial charge >= 0.3 is 6.09 Å². The molecule has 1 aromatic rings. The van der Waals surface area contributed by atoms with E-state index in [1.807, 2.05) is 20.8 Å². The summed E-state index contributed by atoms with van der Waals surface area (Å²) >= 11 is 0. The maximum atomic E-state index is 11.8. The summed E-state index contributed by atoms with van der Waals surface area (Å²) in [6.45, 7) is 6.06. The molecular weight excluding hydrogens is 222 g/mol. The third kappa shape index (κ3) is 2.58. The number of H-pyrrole nitrogens is 1. The molecular formula is C11H17N3O3. The molecule has 0 aliphatic carbocycles. The van der Waals surface area contributed by atoms with Gasteiger partial charge in [-0.05, 0) is 20.8 Å². The van der Waals surface area contributed by atoms with Gasteiger partial charge in [0.15, 0.2) is 0 Å². The number of carbonyl (C=O) groups is 1. The van der Waals surface area contributed by atoms with Crippen molar-refractivity contribution >= 4 is 6.09 Å². The Kier molecular flexibility index (Phi) is 2.82. The van der Waals surface area contributed by atoms with Gasteiger partial charge in [-0.15, -0.1) is 0 Å². The SMILES string of the molecule is CC(C)(C)OC(=O)N1Cc2[nH]ncc2C(O)C1. The fraction of sp³-hybridized carbons (Fsp3) is 0.636. The number of nitrogens with one attached hydrogen (secondary N) is 1. The van der Waals surface area contributed by atoms with Crippen LogP contribution in [0.25, 0.3) is 0 Å². The van der Waals surface area contributed by atoms with Crippen LogP contribution in [0.4, 0.5) is 4.79 Å². The van der Waals surface area contributed by atoms with Crippen LogP contribution in [0.5, 0.6) is 0 Å². The number of aromatic nitrogens is 2. The second-order valence-electron chi connectivity index (χ2n) is 5.18. The van der Waals surface area contributed by atoms with Crippen LogP contribution >= 0.6 is 0 Å². The highest BCUT2D eigenvalue weighted by Gasteiger charge is 2.30. The van der Waals surface area contributed by atoms with Gasteiger partial charge in [0.25, 0.3) is 0 Å². The van der Waals surface area contributed by atoms with E-state index < -0.39 is 17.8 Å². The van der Waals surface area contributed by atoms with Gasteiger partial charge in [-0.25, -0.2) is 4.79 Å². The Morgan fingerprint density at radius 3 is 3.00 bits per heavy atom. The molecule has 0 bridgehead atoms. The Morgan fingerprint density at radius 2 is 2.35 bits per heavy atom. The second-order valence-corrected chi connectivity index (χ2v) is 5.18. The van der Waals surface area contributed by atoms with Crippen molar-refractivity contribution in [1.29, 1.82) is 0 Å². The predicted octanol–water partition coefficient (Wildman–Crippen LogP) is 1.19. The van der Waals surface area contributed by atoms with Gasteiger partial charge in [-0.2, -0.15) is 5.10 Å². The van der Waals surface area contributed by atoms with Crippen molar-refractivity contribution < 1.29 is 14.6 Å². The first-order chi connectivity index (χ1) is 7.87. The molecule has 94 valence electrons. The molecule has 0 fully saturated rings. The molecule has 0 saturated heterocycles. The number of hydrogen-bond acceptors (Lipinski definition) is 4. The van der Waals surface area contributed by atoms with Crippen molar-refractivity contribution in [3.8, 4) is 0 Å². The van der Waals surface area contributed by atoms with E-state index in [0.717, 1.165) is 11.3 Å². The number of β-amino-alcohol motifs (C(OH)–C–C–N with tert-alkyl or cyclic N) is 1. The fourth-order valence-electron chi connectivity index (χ4n) is 1.76. The summed E-state index contributed by atoms with van der Waals surface area (Å²) in [5, 5.41) is 16.5. The third-order valence-corrected chi connectivity index (χ3v) is 2.50. The molecule has 0 radical (unpaired) electrons. The largest absolute Gasteiger partial charge is 0.444 e. The highest BCUT2D eigenvalue weighted by molar-refractivity contribution is 5.68. The number of ether oxygens (including phenoxy) is 1. The maximum Gasteiger partial charge on any atom is 0.410 e. The van der Waals surface area contributed by atoms with Gasteiger partial charge in [0.1, 0.15) is 11.7 Å². The molecule has 2 rings (SSSR count). The lowest BCUT2D eigenvalue weighted by atomic mass is 10.1. The highest BCUT2D eigenvalue weighted by Crippen LogP contribution is 2.25. The summed E-state index contributed by atoms with van der Waals surface area (Å²) in [6, 6.07) is 0. The minimum Gasteiger partial charge on any atom is -0.444 e. The first-order valence-corrected chi connectivity index (χ1v) is 5.55. The van der Waals surface area contributed by atoms with Crippen molar-refractivity contribution in [2.24, 2.45) is 0 Å². The first-order valence-electron chi connectivity index (χ1n) is 5.55.